The van der Waals surface area contributed by atoms with E-state index in [1.54, 1.807) is 0 Å². The fourth-order valence-corrected chi connectivity index (χ4v) is 3.27. The van der Waals surface area contributed by atoms with Gasteiger partial charge in [-0.15, -0.1) is 0 Å². The number of piperidine rings is 1. The summed E-state index contributed by atoms with van der Waals surface area (Å²) in [7, 11) is 2.24. The number of aromatic nitrogens is 1. The molecular weight excluding hydrogens is 220 g/mol. The van der Waals surface area contributed by atoms with Gasteiger partial charge in [0, 0.05) is 24.3 Å². The maximum Gasteiger partial charge on any atom is 0.0482 e. The van der Waals surface area contributed by atoms with Crippen LogP contribution in [-0.4, -0.2) is 29.6 Å². The van der Waals surface area contributed by atoms with Gasteiger partial charge in [0.05, 0.1) is 0 Å². The van der Waals surface area contributed by atoms with E-state index in [0.29, 0.717) is 0 Å². The summed E-state index contributed by atoms with van der Waals surface area (Å²) in [6.45, 7) is 5.91. The summed E-state index contributed by atoms with van der Waals surface area (Å²) in [6, 6.07) is 11.0. The number of hydrogen-bond acceptors (Lipinski definition) is 1. The molecule has 3 rings (SSSR count). The summed E-state index contributed by atoms with van der Waals surface area (Å²) < 4.78 is 2.50. The predicted molar refractivity (Wildman–Crippen MR) is 76.9 cm³/mol. The molecule has 1 aliphatic heterocycles. The van der Waals surface area contributed by atoms with E-state index in [-0.39, 0.29) is 0 Å². The number of nitrogens with zero attached hydrogens (tertiary/aromatic N) is 2. The average molecular weight is 242 g/mol. The molecule has 1 atom stereocenters. The zero-order valence-corrected chi connectivity index (χ0v) is 11.4. The van der Waals surface area contributed by atoms with Crippen molar-refractivity contribution in [3.63, 3.8) is 0 Å². The predicted octanol–water partition coefficient (Wildman–Crippen LogP) is 3.29. The van der Waals surface area contributed by atoms with Crippen LogP contribution in [-0.2, 0) is 6.54 Å². The summed E-state index contributed by atoms with van der Waals surface area (Å²) in [6.07, 6.45) is 2.72. The number of hydrogen-bond donors (Lipinski definition) is 0. The molecule has 1 unspecified atom stereocenters. The Labute approximate surface area is 109 Å². The Balaban J connectivity index is 1.87. The van der Waals surface area contributed by atoms with Gasteiger partial charge in [0.25, 0.3) is 0 Å². The molecule has 96 valence electrons. The minimum absolute atomic E-state index is 0.804. The van der Waals surface area contributed by atoms with Crippen LogP contribution in [0.1, 0.15) is 18.5 Å². The topological polar surface area (TPSA) is 8.17 Å². The molecule has 1 saturated heterocycles. The molecule has 0 saturated carbocycles. The molecule has 2 aromatic rings. The second-order valence-electron chi connectivity index (χ2n) is 5.73. The monoisotopic (exact) mass is 242 g/mol. The van der Waals surface area contributed by atoms with Crippen molar-refractivity contribution in [1.82, 2.24) is 9.47 Å². The van der Waals surface area contributed by atoms with Crippen molar-refractivity contribution < 1.29 is 0 Å². The normalized spacial score (nSPS) is 21.6. The maximum absolute atomic E-state index is 2.50. The molecule has 0 N–H and O–H groups in total. The van der Waals surface area contributed by atoms with Crippen molar-refractivity contribution in [1.29, 1.82) is 0 Å². The first-order valence-electron chi connectivity index (χ1n) is 6.97. The van der Waals surface area contributed by atoms with Crippen molar-refractivity contribution in [3.8, 4) is 0 Å². The first kappa shape index (κ1) is 11.8. The molecule has 0 bridgehead atoms. The summed E-state index contributed by atoms with van der Waals surface area (Å²) in [5, 5.41) is 1.37. The van der Waals surface area contributed by atoms with E-state index < -0.39 is 0 Å². The highest BCUT2D eigenvalue weighted by atomic mass is 15.1. The van der Waals surface area contributed by atoms with Gasteiger partial charge < -0.3 is 9.47 Å². The lowest BCUT2D eigenvalue weighted by Gasteiger charge is -2.30. The Bertz CT molecular complexity index is 541. The first-order chi connectivity index (χ1) is 8.74. The van der Waals surface area contributed by atoms with E-state index in [4.69, 9.17) is 0 Å². The van der Waals surface area contributed by atoms with E-state index in [1.807, 2.05) is 0 Å². The number of fused-ring (bicyclic) bond motifs is 1. The van der Waals surface area contributed by atoms with Gasteiger partial charge in [-0.25, -0.2) is 0 Å². The van der Waals surface area contributed by atoms with Crippen molar-refractivity contribution in [2.75, 3.05) is 20.1 Å². The van der Waals surface area contributed by atoms with Crippen LogP contribution >= 0.6 is 0 Å². The van der Waals surface area contributed by atoms with Gasteiger partial charge in [0.1, 0.15) is 0 Å². The minimum atomic E-state index is 0.804. The van der Waals surface area contributed by atoms with E-state index >= 15 is 0 Å². The van der Waals surface area contributed by atoms with Gasteiger partial charge in [-0.3, -0.25) is 0 Å². The molecule has 2 heterocycles. The van der Waals surface area contributed by atoms with Crippen molar-refractivity contribution >= 4 is 10.9 Å². The molecule has 1 aromatic heterocycles. The van der Waals surface area contributed by atoms with E-state index in [9.17, 15) is 0 Å². The van der Waals surface area contributed by atoms with E-state index in [1.165, 1.54) is 49.1 Å². The second kappa shape index (κ2) is 4.77. The molecule has 2 nitrogen and oxygen atoms in total. The Kier molecular flexibility index (Phi) is 3.13. The lowest BCUT2D eigenvalue weighted by atomic mass is 9.98. The van der Waals surface area contributed by atoms with Crippen LogP contribution in [0.15, 0.2) is 30.3 Å². The highest BCUT2D eigenvalue weighted by molar-refractivity contribution is 5.81. The van der Waals surface area contributed by atoms with Gasteiger partial charge in [0.2, 0.25) is 0 Å². The maximum atomic E-state index is 2.50. The van der Waals surface area contributed by atoms with Crippen LogP contribution in [0.2, 0.25) is 0 Å². The highest BCUT2D eigenvalue weighted by Crippen LogP contribution is 2.23. The molecule has 1 fully saturated rings. The fourth-order valence-electron chi connectivity index (χ4n) is 3.27. The zero-order valence-electron chi connectivity index (χ0n) is 11.4. The molecule has 0 radical (unpaired) electrons. The van der Waals surface area contributed by atoms with Crippen LogP contribution < -0.4 is 0 Å². The Morgan fingerprint density at radius 1 is 1.28 bits per heavy atom. The van der Waals surface area contributed by atoms with Gasteiger partial charge in [-0.05, 0) is 56.8 Å². The molecular formula is C16H22N2. The average Bonchev–Trinajstić information content (AvgIpc) is 2.66. The first-order valence-corrected chi connectivity index (χ1v) is 6.97. The number of benzene rings is 1. The largest absolute Gasteiger partial charge is 0.345 e. The van der Waals surface area contributed by atoms with Crippen molar-refractivity contribution in [2.24, 2.45) is 5.92 Å². The molecule has 1 aromatic carbocycles. The molecule has 0 spiro atoms. The van der Waals surface area contributed by atoms with E-state index in [2.05, 4.69) is 53.8 Å². The third kappa shape index (κ3) is 2.17. The summed E-state index contributed by atoms with van der Waals surface area (Å²) in [5.41, 5.74) is 2.78. The van der Waals surface area contributed by atoms with Gasteiger partial charge >= 0.3 is 0 Å². The number of likely N-dealkylation sites (tertiary alicyclic amines) is 1. The number of rotatable bonds is 2. The number of para-hydroxylation sites is 1. The van der Waals surface area contributed by atoms with Gasteiger partial charge in [-0.1, -0.05) is 18.2 Å². The zero-order chi connectivity index (χ0) is 12.5. The second-order valence-corrected chi connectivity index (χ2v) is 5.73. The lowest BCUT2D eigenvalue weighted by molar-refractivity contribution is 0.195. The van der Waals surface area contributed by atoms with Crippen LogP contribution in [0.3, 0.4) is 0 Å². The Morgan fingerprint density at radius 3 is 2.94 bits per heavy atom. The van der Waals surface area contributed by atoms with Crippen LogP contribution in [0.25, 0.3) is 10.9 Å². The molecule has 18 heavy (non-hydrogen) atoms. The number of aryl methyl sites for hydroxylation is 1. The van der Waals surface area contributed by atoms with Gasteiger partial charge in [-0.2, -0.15) is 0 Å². The standard InChI is InChI=1S/C16H22N2/c1-13-10-15-7-3-4-8-16(15)18(13)12-14-6-5-9-17(2)11-14/h3-4,7-8,10,14H,5-6,9,11-12H2,1-2H3. The summed E-state index contributed by atoms with van der Waals surface area (Å²) in [4.78, 5) is 2.47. The van der Waals surface area contributed by atoms with Crippen molar-refractivity contribution in [3.05, 3.63) is 36.0 Å². The molecule has 1 aliphatic rings. The minimum Gasteiger partial charge on any atom is -0.345 e. The summed E-state index contributed by atoms with van der Waals surface area (Å²) >= 11 is 0. The highest BCUT2D eigenvalue weighted by Gasteiger charge is 2.18. The Hall–Kier alpha value is -1.28. The molecule has 0 amide bonds. The van der Waals surface area contributed by atoms with Crippen LogP contribution in [0.4, 0.5) is 0 Å². The molecule has 2 heteroatoms. The summed E-state index contributed by atoms with van der Waals surface area (Å²) in [5.74, 6) is 0.804. The fraction of sp³-hybridized carbons (Fsp3) is 0.500. The van der Waals surface area contributed by atoms with Crippen molar-refractivity contribution in [2.45, 2.75) is 26.3 Å². The van der Waals surface area contributed by atoms with E-state index in [0.717, 1.165) is 5.92 Å². The third-order valence-corrected chi connectivity index (χ3v) is 4.18. The molecule has 0 aliphatic carbocycles. The van der Waals surface area contributed by atoms with Crippen LogP contribution in [0, 0.1) is 12.8 Å². The lowest BCUT2D eigenvalue weighted by Crippen LogP contribution is -2.34. The smallest absolute Gasteiger partial charge is 0.0482 e. The van der Waals surface area contributed by atoms with Gasteiger partial charge in [0.15, 0.2) is 0 Å². The van der Waals surface area contributed by atoms with Crippen LogP contribution in [0.5, 0.6) is 0 Å². The SMILES string of the molecule is Cc1cc2ccccc2n1CC1CCCN(C)C1. The Morgan fingerprint density at radius 2 is 2.11 bits per heavy atom. The third-order valence-electron chi connectivity index (χ3n) is 4.18. The quantitative estimate of drug-likeness (QED) is 0.784.